The highest BCUT2D eigenvalue weighted by Gasteiger charge is 2.22. The third kappa shape index (κ3) is 2.42. The molecule has 0 aromatic rings. The van der Waals surface area contributed by atoms with Crippen molar-refractivity contribution in [3.8, 4) is 0 Å². The first-order valence-electron chi connectivity index (χ1n) is 5.33. The molecule has 13 heavy (non-hydrogen) atoms. The van der Waals surface area contributed by atoms with Crippen LogP contribution in [0, 0.1) is 0 Å². The van der Waals surface area contributed by atoms with E-state index in [4.69, 9.17) is 9.47 Å². The second-order valence-electron chi connectivity index (χ2n) is 3.99. The summed E-state index contributed by atoms with van der Waals surface area (Å²) in [4.78, 5) is 2.53. The molecule has 0 amide bonds. The molecule has 0 bridgehead atoms. The van der Waals surface area contributed by atoms with Gasteiger partial charge in [0.25, 0.3) is 0 Å². The summed E-state index contributed by atoms with van der Waals surface area (Å²) >= 11 is 0. The van der Waals surface area contributed by atoms with Crippen LogP contribution in [0.15, 0.2) is 0 Å². The van der Waals surface area contributed by atoms with Gasteiger partial charge in [-0.25, -0.2) is 0 Å². The predicted molar refractivity (Wildman–Crippen MR) is 50.6 cm³/mol. The molecular formula is C10H19NO2. The summed E-state index contributed by atoms with van der Waals surface area (Å²) in [5.41, 5.74) is 0. The van der Waals surface area contributed by atoms with E-state index in [0.29, 0.717) is 0 Å². The molecule has 3 nitrogen and oxygen atoms in total. The molecule has 0 aromatic heterocycles. The SMILES string of the molecule is CC1CCCN1CCC1OCCO1. The molecule has 2 fully saturated rings. The zero-order chi connectivity index (χ0) is 9.10. The Kier molecular flexibility index (Phi) is 3.19. The highest BCUT2D eigenvalue weighted by molar-refractivity contribution is 4.75. The summed E-state index contributed by atoms with van der Waals surface area (Å²) in [6.07, 6.45) is 3.82. The molecular weight excluding hydrogens is 166 g/mol. The highest BCUT2D eigenvalue weighted by atomic mass is 16.7. The van der Waals surface area contributed by atoms with Gasteiger partial charge in [0.15, 0.2) is 6.29 Å². The van der Waals surface area contributed by atoms with Crippen LogP contribution in [0.3, 0.4) is 0 Å². The maximum atomic E-state index is 5.40. The van der Waals surface area contributed by atoms with Crippen molar-refractivity contribution in [1.82, 2.24) is 4.90 Å². The number of likely N-dealkylation sites (tertiary alicyclic amines) is 1. The zero-order valence-corrected chi connectivity index (χ0v) is 8.37. The molecule has 0 N–H and O–H groups in total. The fourth-order valence-corrected chi connectivity index (χ4v) is 2.17. The van der Waals surface area contributed by atoms with Crippen molar-refractivity contribution in [3.05, 3.63) is 0 Å². The molecule has 2 aliphatic heterocycles. The molecule has 0 radical (unpaired) electrons. The average Bonchev–Trinajstić information content (AvgIpc) is 2.72. The van der Waals surface area contributed by atoms with Gasteiger partial charge in [-0.2, -0.15) is 0 Å². The van der Waals surface area contributed by atoms with E-state index in [1.807, 2.05) is 0 Å². The van der Waals surface area contributed by atoms with Crippen molar-refractivity contribution < 1.29 is 9.47 Å². The molecule has 0 saturated carbocycles. The summed E-state index contributed by atoms with van der Waals surface area (Å²) in [6, 6.07) is 0.765. The van der Waals surface area contributed by atoms with E-state index in [1.165, 1.54) is 19.4 Å². The third-order valence-corrected chi connectivity index (χ3v) is 3.03. The van der Waals surface area contributed by atoms with Crippen LogP contribution >= 0.6 is 0 Å². The first kappa shape index (κ1) is 9.44. The standard InChI is InChI=1S/C10H19NO2/c1-9-3-2-5-11(9)6-4-10-12-7-8-13-10/h9-10H,2-8H2,1H3. The molecule has 2 rings (SSSR count). The number of nitrogens with zero attached hydrogens (tertiary/aromatic N) is 1. The van der Waals surface area contributed by atoms with Crippen LogP contribution in [0.25, 0.3) is 0 Å². The third-order valence-electron chi connectivity index (χ3n) is 3.03. The van der Waals surface area contributed by atoms with Crippen molar-refractivity contribution >= 4 is 0 Å². The summed E-state index contributed by atoms with van der Waals surface area (Å²) in [7, 11) is 0. The predicted octanol–water partition coefficient (Wildman–Crippen LogP) is 1.23. The van der Waals surface area contributed by atoms with Gasteiger partial charge in [0, 0.05) is 19.0 Å². The molecule has 3 heteroatoms. The van der Waals surface area contributed by atoms with E-state index in [1.54, 1.807) is 0 Å². The van der Waals surface area contributed by atoms with Gasteiger partial charge in [0.05, 0.1) is 13.2 Å². The highest BCUT2D eigenvalue weighted by Crippen LogP contribution is 2.18. The number of hydrogen-bond acceptors (Lipinski definition) is 3. The fraction of sp³-hybridized carbons (Fsp3) is 1.00. The van der Waals surface area contributed by atoms with Crippen molar-refractivity contribution in [2.75, 3.05) is 26.3 Å². The molecule has 1 atom stereocenters. The van der Waals surface area contributed by atoms with Gasteiger partial charge < -0.3 is 14.4 Å². The minimum absolute atomic E-state index is 0.0767. The van der Waals surface area contributed by atoms with Crippen molar-refractivity contribution in [2.45, 2.75) is 38.5 Å². The maximum absolute atomic E-state index is 5.40. The molecule has 1 unspecified atom stereocenters. The Bertz CT molecular complexity index is 157. The fourth-order valence-electron chi connectivity index (χ4n) is 2.17. The van der Waals surface area contributed by atoms with Gasteiger partial charge in [-0.15, -0.1) is 0 Å². The van der Waals surface area contributed by atoms with Crippen LogP contribution in [0.1, 0.15) is 26.2 Å². The minimum Gasteiger partial charge on any atom is -0.350 e. The largest absolute Gasteiger partial charge is 0.350 e. The lowest BCUT2D eigenvalue weighted by atomic mass is 10.2. The number of hydrogen-bond donors (Lipinski definition) is 0. The quantitative estimate of drug-likeness (QED) is 0.660. The normalized spacial score (nSPS) is 31.6. The molecule has 0 aromatic carbocycles. The van der Waals surface area contributed by atoms with E-state index < -0.39 is 0 Å². The Labute approximate surface area is 80.0 Å². The van der Waals surface area contributed by atoms with Crippen LogP contribution < -0.4 is 0 Å². The van der Waals surface area contributed by atoms with Gasteiger partial charge in [0.1, 0.15) is 0 Å². The summed E-state index contributed by atoms with van der Waals surface area (Å²) < 4.78 is 10.8. The second-order valence-corrected chi connectivity index (χ2v) is 3.99. The Morgan fingerprint density at radius 2 is 2.08 bits per heavy atom. The van der Waals surface area contributed by atoms with Gasteiger partial charge >= 0.3 is 0 Å². The Morgan fingerprint density at radius 1 is 1.31 bits per heavy atom. The Balaban J connectivity index is 1.66. The van der Waals surface area contributed by atoms with E-state index >= 15 is 0 Å². The summed E-state index contributed by atoms with van der Waals surface area (Å²) in [6.45, 7) is 6.25. The van der Waals surface area contributed by atoms with E-state index in [9.17, 15) is 0 Å². The van der Waals surface area contributed by atoms with Gasteiger partial charge in [-0.1, -0.05) is 0 Å². The van der Waals surface area contributed by atoms with Gasteiger partial charge in [-0.05, 0) is 26.3 Å². The maximum Gasteiger partial charge on any atom is 0.159 e. The molecule has 2 saturated heterocycles. The van der Waals surface area contributed by atoms with Crippen LogP contribution in [0.2, 0.25) is 0 Å². The van der Waals surface area contributed by atoms with Crippen molar-refractivity contribution in [2.24, 2.45) is 0 Å². The van der Waals surface area contributed by atoms with Crippen LogP contribution in [-0.2, 0) is 9.47 Å². The Morgan fingerprint density at radius 3 is 2.69 bits per heavy atom. The zero-order valence-electron chi connectivity index (χ0n) is 8.37. The lowest BCUT2D eigenvalue weighted by Crippen LogP contribution is -2.30. The van der Waals surface area contributed by atoms with Crippen molar-refractivity contribution in [1.29, 1.82) is 0 Å². The molecule has 0 aliphatic carbocycles. The van der Waals surface area contributed by atoms with Crippen LogP contribution in [0.4, 0.5) is 0 Å². The summed E-state index contributed by atoms with van der Waals surface area (Å²) in [5.74, 6) is 0. The van der Waals surface area contributed by atoms with E-state index in [2.05, 4.69) is 11.8 Å². The smallest absolute Gasteiger partial charge is 0.159 e. The number of rotatable bonds is 3. The number of ether oxygens (including phenoxy) is 2. The first-order chi connectivity index (χ1) is 6.36. The van der Waals surface area contributed by atoms with E-state index in [0.717, 1.165) is 32.2 Å². The lowest BCUT2D eigenvalue weighted by Gasteiger charge is -2.21. The lowest BCUT2D eigenvalue weighted by molar-refractivity contribution is -0.0517. The average molecular weight is 185 g/mol. The van der Waals surface area contributed by atoms with Crippen LogP contribution in [0.5, 0.6) is 0 Å². The monoisotopic (exact) mass is 185 g/mol. The van der Waals surface area contributed by atoms with Crippen LogP contribution in [-0.4, -0.2) is 43.5 Å². The van der Waals surface area contributed by atoms with Gasteiger partial charge in [-0.3, -0.25) is 0 Å². The van der Waals surface area contributed by atoms with E-state index in [-0.39, 0.29) is 6.29 Å². The topological polar surface area (TPSA) is 21.7 Å². The Hall–Kier alpha value is -0.120. The molecule has 2 aliphatic rings. The molecule has 2 heterocycles. The minimum atomic E-state index is 0.0767. The molecule has 76 valence electrons. The first-order valence-corrected chi connectivity index (χ1v) is 5.33. The van der Waals surface area contributed by atoms with Crippen molar-refractivity contribution in [3.63, 3.8) is 0 Å². The molecule has 0 spiro atoms. The second kappa shape index (κ2) is 4.40. The van der Waals surface area contributed by atoms with Gasteiger partial charge in [0.2, 0.25) is 0 Å². The summed E-state index contributed by atoms with van der Waals surface area (Å²) in [5, 5.41) is 0.